The van der Waals surface area contributed by atoms with Gasteiger partial charge in [-0.05, 0) is 55.4 Å². The maximum atomic E-state index is 11.8. The van der Waals surface area contributed by atoms with Crippen molar-refractivity contribution in [2.24, 2.45) is 0 Å². The van der Waals surface area contributed by atoms with Crippen LogP contribution in [0.25, 0.3) is 0 Å². The smallest absolute Gasteiger partial charge is 0.411 e. The van der Waals surface area contributed by atoms with Crippen molar-refractivity contribution < 1.29 is 183 Å². The van der Waals surface area contributed by atoms with Crippen LogP contribution in [0.15, 0.2) is 0 Å². The van der Waals surface area contributed by atoms with Crippen molar-refractivity contribution in [3.8, 4) is 12.8 Å². The third kappa shape index (κ3) is 61.0. The topological polar surface area (TPSA) is 229 Å². The van der Waals surface area contributed by atoms with Crippen molar-refractivity contribution in [2.75, 3.05) is 157 Å². The van der Waals surface area contributed by atoms with Gasteiger partial charge in [-0.15, -0.1) is 12.8 Å². The summed E-state index contributed by atoms with van der Waals surface area (Å²) in [5.41, 5.74) is -0.913. The number of rotatable bonds is 7. The Balaban J connectivity index is -0.0000000819. The molecule has 0 aromatic heterocycles. The molecule has 0 bridgehead atoms. The van der Waals surface area contributed by atoms with Gasteiger partial charge < -0.3 is 73.5 Å². The first-order valence-electron chi connectivity index (χ1n) is 30.1. The van der Waals surface area contributed by atoms with E-state index in [9.17, 15) is 43.2 Å². The first kappa shape index (κ1) is 119. The summed E-state index contributed by atoms with van der Waals surface area (Å²) in [6.07, 6.45) is 14.3. The Bertz CT molecular complexity index is 1810. The van der Waals surface area contributed by atoms with Gasteiger partial charge in [0.25, 0.3) is 0 Å². The van der Waals surface area contributed by atoms with E-state index in [1.807, 2.05) is 107 Å². The number of hydrogen-bond acceptors (Lipinski definition) is 16. The molecule has 0 spiro atoms. The number of nitrogens with zero attached hydrogens (tertiary/aromatic N) is 10. The van der Waals surface area contributed by atoms with Gasteiger partial charge in [-0.2, -0.15) is 25.6 Å². The van der Waals surface area contributed by atoms with E-state index < -0.39 is 23.7 Å². The zero-order valence-electron chi connectivity index (χ0n) is 58.1. The summed E-state index contributed by atoms with van der Waals surface area (Å²) in [5, 5.41) is 6.38. The Hall–Kier alpha value is -0.605. The van der Waals surface area contributed by atoms with Crippen molar-refractivity contribution in [1.29, 1.82) is 0 Å². The summed E-state index contributed by atoms with van der Waals surface area (Å²) in [7, 11) is 22.0. The molecule has 8 aliphatic rings. The number of piperazine rings is 4. The quantitative estimate of drug-likeness (QED) is 0.212. The van der Waals surface area contributed by atoms with Crippen LogP contribution in [0.4, 0.5) is 9.59 Å². The van der Waals surface area contributed by atoms with E-state index in [0.29, 0.717) is 12.1 Å². The van der Waals surface area contributed by atoms with Crippen LogP contribution >= 0.6 is 0 Å². The minimum absolute atomic E-state index is 0. The van der Waals surface area contributed by atoms with Crippen LogP contribution < -0.4 is 10.6 Å². The number of amides is 7. The maximum Gasteiger partial charge on any atom is 0.411 e. The summed E-state index contributed by atoms with van der Waals surface area (Å²) in [5.74, 6) is 0.409. The van der Waals surface area contributed by atoms with Gasteiger partial charge in [0, 0.05) is 345 Å². The Morgan fingerprint density at radius 2 is 0.699 bits per heavy atom. The summed E-state index contributed by atoms with van der Waals surface area (Å²) in [4.78, 5) is 114. The molecular formula is C60H118B6N12O11Y4-4. The van der Waals surface area contributed by atoms with Gasteiger partial charge in [-0.25, -0.2) is 9.59 Å². The molecular weight excluding hydrogens is 1490 g/mol. The molecule has 0 atom stereocenters. The zero-order valence-corrected chi connectivity index (χ0v) is 69.4. The van der Waals surface area contributed by atoms with Crippen LogP contribution in [0.2, 0.25) is 0 Å². The third-order valence-corrected chi connectivity index (χ3v) is 12.1. The molecule has 8 saturated heterocycles. The Labute approximate surface area is 675 Å². The standard InChI is InChI=1S/C13H22N3O3.C10H16N3O2.C8H14N3O.C8H13NO3.C5H9N2O.C3H6O.4C2H6.C2H2.3CH4.B4.B2.4Y/c1-13(2,3)19-12(18)16-8-11(9-16)15-6-4-14(10-17)5-7-15;1-9(15)13-6-10(7-13)12-4-2-11(8-14)3-5-12;12-7-10-1-3-11(4-2-10)8-5-9-6-8;1-8(2,3)12-7(11)9-4-6(10)5-9;8-5-7-3-1-6-2-4-7;1-3(2)4;5*1-2;;;;1-4(2)3;1-2;;;;/h11H,4-9H2,1-3H3;10H,2-7H2,1H3;8-9H,1-6H2;4-5H2,1-3H3;6H,1-4H2;1-2H3;4*1-2H3;1-2H;3*1H4;;;;;;/q3*-1;;-1;;;;;;;;;;;;;;;. The molecule has 14 radical (unpaired) electrons. The number of carbonyl (C=O) groups excluding carboxylic acids is 9. The molecule has 93 heavy (non-hydrogen) atoms. The number of Topliss-reactive ketones (excluding diaryl/α,β-unsaturated/α-hetero) is 2. The summed E-state index contributed by atoms with van der Waals surface area (Å²) in [6.45, 7) is 51.1. The Kier molecular flexibility index (Phi) is 95.1. The molecule has 518 valence electrons. The number of nitrogens with one attached hydrogen (secondary N) is 2. The van der Waals surface area contributed by atoms with E-state index >= 15 is 0 Å². The number of terminal acetylenes is 1. The van der Waals surface area contributed by atoms with Crippen LogP contribution in [0.3, 0.4) is 0 Å². The van der Waals surface area contributed by atoms with Crippen molar-refractivity contribution in [1.82, 2.24) is 59.6 Å². The number of hydrogen-bond donors (Lipinski definition) is 2. The largest absolute Gasteiger partial charge is 0.520 e. The molecule has 7 amide bonds. The Morgan fingerprint density at radius 1 is 0.462 bits per heavy atom. The molecule has 0 aromatic carbocycles. The normalized spacial score (nSPS) is 16.7. The number of likely N-dealkylation sites (tertiary alicyclic amines) is 3. The van der Waals surface area contributed by atoms with Crippen molar-refractivity contribution in [3.05, 3.63) is 0 Å². The molecule has 2 N–H and O–H groups in total. The number of carbonyl (C=O) groups is 5. The van der Waals surface area contributed by atoms with E-state index in [0.717, 1.165) is 150 Å². The first-order chi connectivity index (χ1) is 40.8. The summed E-state index contributed by atoms with van der Waals surface area (Å²) in [6, 6.07) is 1.63. The second-order valence-corrected chi connectivity index (χ2v) is 21.0. The monoisotopic (exact) mass is 1600 g/mol. The van der Waals surface area contributed by atoms with Gasteiger partial charge in [-0.3, -0.25) is 29.2 Å². The maximum absolute atomic E-state index is 11.8. The van der Waals surface area contributed by atoms with E-state index in [-0.39, 0.29) is 190 Å². The SMILES string of the molecule is C.C.C.C#C.CC.CC.CC.CC.CC(=O)N1CC(N2CCN([C-]=O)CC2)C1.CC(C)(C)OC(=O)N1CC(=O)C1.CC(C)(C)OC(=O)N1CC(N2CCN([C-]=O)CC2)C1.CC(C)=O.O=[C-]N1CCN(C2CNC2)CC1.O=[C-]N1CCNCC1.[B]B([B])[B].[B][B].[Y].[Y].[Y].[Y]. The van der Waals surface area contributed by atoms with Crippen LogP contribution in [0, 0.1) is 12.8 Å². The van der Waals surface area contributed by atoms with Crippen LogP contribution in [-0.4, -0.2) is 336 Å². The molecule has 8 heterocycles. The van der Waals surface area contributed by atoms with Crippen LogP contribution in [0.1, 0.15) is 140 Å². The average molecular weight is 1600 g/mol. The molecule has 0 unspecified atom stereocenters. The van der Waals surface area contributed by atoms with Gasteiger partial charge in [0.05, 0.1) is 13.1 Å². The number of ether oxygens (including phenoxy) is 2. The zero-order chi connectivity index (χ0) is 67.6. The molecule has 0 aliphatic carbocycles. The van der Waals surface area contributed by atoms with Gasteiger partial charge in [0.1, 0.15) is 17.0 Å². The minimum Gasteiger partial charge on any atom is -0.520 e. The number of ketones is 2. The van der Waals surface area contributed by atoms with E-state index in [4.69, 9.17) is 9.47 Å². The van der Waals surface area contributed by atoms with E-state index in [2.05, 4.69) is 76.9 Å². The second-order valence-electron chi connectivity index (χ2n) is 21.0. The summed E-state index contributed by atoms with van der Waals surface area (Å²) < 4.78 is 10.3. The first-order valence-corrected chi connectivity index (χ1v) is 30.1. The molecule has 8 fully saturated rings. The molecule has 8 rings (SSSR count). The average Bonchev–Trinajstić information content (AvgIpc) is 0.864. The van der Waals surface area contributed by atoms with Crippen molar-refractivity contribution >= 4 is 100 Å². The van der Waals surface area contributed by atoms with Gasteiger partial charge >= 0.3 is 12.2 Å². The van der Waals surface area contributed by atoms with Gasteiger partial charge in [0.15, 0.2) is 5.78 Å². The fourth-order valence-corrected chi connectivity index (χ4v) is 7.76. The molecule has 0 aromatic rings. The molecule has 0 saturated carbocycles. The minimum atomic E-state index is -0.667. The molecule has 33 heteroatoms. The third-order valence-electron chi connectivity index (χ3n) is 12.1. The van der Waals surface area contributed by atoms with Gasteiger partial charge in [0.2, 0.25) is 5.91 Å². The van der Waals surface area contributed by atoms with Crippen molar-refractivity contribution in [3.63, 3.8) is 0 Å². The fourth-order valence-electron chi connectivity index (χ4n) is 7.76. The predicted octanol–water partition coefficient (Wildman–Crippen LogP) is 2.16. The molecule has 8 aliphatic heterocycles. The predicted molar refractivity (Wildman–Crippen MR) is 370 cm³/mol. The van der Waals surface area contributed by atoms with E-state index in [1.165, 1.54) is 18.7 Å². The fraction of sp³-hybridized carbons (Fsp3) is 0.817. The van der Waals surface area contributed by atoms with E-state index in [1.54, 1.807) is 52.2 Å². The van der Waals surface area contributed by atoms with Crippen LogP contribution in [-0.2, 0) is 174 Å². The molecule has 23 nitrogen and oxygen atoms in total. The Morgan fingerprint density at radius 3 is 0.903 bits per heavy atom. The summed E-state index contributed by atoms with van der Waals surface area (Å²) >= 11 is 0. The van der Waals surface area contributed by atoms with Gasteiger partial charge in [-0.1, -0.05) is 77.7 Å². The van der Waals surface area contributed by atoms with Crippen molar-refractivity contribution in [2.45, 2.75) is 169 Å². The van der Waals surface area contributed by atoms with Crippen LogP contribution in [0.5, 0.6) is 0 Å². The second kappa shape index (κ2) is 74.1.